The maximum atomic E-state index is 13.9. The molecule has 19 nitrogen and oxygen atoms in total. The van der Waals surface area contributed by atoms with Crippen molar-refractivity contribution in [1.82, 2.24) is 42.1 Å². The lowest BCUT2D eigenvalue weighted by Gasteiger charge is -2.55. The molecule has 108 heavy (non-hydrogen) atoms. The topological polar surface area (TPSA) is 210 Å². The Labute approximate surface area is 635 Å². The lowest BCUT2D eigenvalue weighted by atomic mass is 9.64. The molecule has 7 unspecified atom stereocenters. The molecule has 6 aliphatic heterocycles. The van der Waals surface area contributed by atoms with Crippen LogP contribution in [0, 0.1) is 41.4 Å². The molecule has 6 saturated heterocycles. The molecule has 3 aromatic carbocycles. The smallest absolute Gasteiger partial charge is 0.300 e. The van der Waals surface area contributed by atoms with Crippen LogP contribution in [-0.2, 0) is 38.8 Å². The van der Waals surface area contributed by atoms with Gasteiger partial charge in [0.1, 0.15) is 17.3 Å². The van der Waals surface area contributed by atoms with Crippen LogP contribution in [0.1, 0.15) is 271 Å². The molecule has 0 amide bonds. The predicted octanol–water partition coefficient (Wildman–Crippen LogP) is 13.8. The highest BCUT2D eigenvalue weighted by Gasteiger charge is 2.50. The van der Waals surface area contributed by atoms with Gasteiger partial charge in [-0.3, -0.25) is 70.9 Å². The second-order valence-electron chi connectivity index (χ2n) is 36.6. The average molecular weight is 1470 g/mol. The summed E-state index contributed by atoms with van der Waals surface area (Å²) in [5.41, 5.74) is 0.00222. The summed E-state index contributed by atoms with van der Waals surface area (Å²) in [7, 11) is 0. The summed E-state index contributed by atoms with van der Waals surface area (Å²) < 4.78 is 9.04. The monoisotopic (exact) mass is 1470 g/mol. The molecule has 12 fully saturated rings. The minimum absolute atomic E-state index is 0.00886. The van der Waals surface area contributed by atoms with Gasteiger partial charge < -0.3 is 4.79 Å². The van der Waals surface area contributed by atoms with E-state index in [9.17, 15) is 47.9 Å². The van der Waals surface area contributed by atoms with Gasteiger partial charge in [0, 0.05) is 85.3 Å². The van der Waals surface area contributed by atoms with Crippen LogP contribution in [-0.4, -0.2) is 120 Å². The zero-order valence-corrected chi connectivity index (χ0v) is 64.9. The molecular formula is C89H119N9O10. The lowest BCUT2D eigenvalue weighted by Crippen LogP contribution is -2.59. The Hall–Kier alpha value is -6.96. The standard InChI is InChI=1S/C31H41N3O4.C30H41N3O3.C28H37N3O3/c1-20(35)12-13-27(36)19-32-29-11-3-2-10-28(29)30(37)34(31(32)38)26-17-23-8-5-9-24(18-26)33(23)25-15-21-6-4-7-22(14-21)16-25;1-3-20-11-21-13-22(12-20)15-25(14-21)32-23-7-6-8-24(32)17-26(16-23)33-29(35)27-9-4-5-10-28(27)31(30(33)36)18-19(2)34;1-18(32)17-29-26-11-3-2-10-25(26)27(33)31(28(29)34)24-15-21-8-5-9-22(16-24)30(21)23-13-19-6-4-7-20(12-19)14-23/h2-3,10-11,21-26H,4-9,12-19H2,1H3;4-5,9-10,20-26H,3,6-8,11-18H2,1-2H3;2-3,10-11,19-24H,4-9,12-17H2,1H3/t21-,22+,23-,24+,25?,26?;20?,21-,22+,23-,24+,25?,26?;19-,20+,21-,22+,23?,24?. The second kappa shape index (κ2) is 32.0. The first-order valence-electron chi connectivity index (χ1n) is 42.8. The Kier molecular flexibility index (Phi) is 22.3. The van der Waals surface area contributed by atoms with Crippen molar-refractivity contribution in [2.45, 2.75) is 345 Å². The van der Waals surface area contributed by atoms with E-state index in [2.05, 4.69) is 21.6 Å². The van der Waals surface area contributed by atoms with Crippen molar-refractivity contribution in [3.8, 4) is 0 Å². The molecule has 12 bridgehead atoms. The third-order valence-corrected chi connectivity index (χ3v) is 29.5. The normalized spacial score (nSPS) is 33.1. The number of carbonyl (C=O) groups excluding carboxylic acids is 4. The van der Waals surface area contributed by atoms with E-state index in [0.717, 1.165) is 92.8 Å². The van der Waals surface area contributed by atoms with Crippen molar-refractivity contribution in [3.05, 3.63) is 135 Å². The molecule has 12 aliphatic rings. The quantitative estimate of drug-likeness (QED) is 0.0884. The van der Waals surface area contributed by atoms with E-state index in [1.165, 1.54) is 209 Å². The third kappa shape index (κ3) is 15.1. The first-order valence-corrected chi connectivity index (χ1v) is 42.8. The maximum absolute atomic E-state index is 13.9. The zero-order valence-electron chi connectivity index (χ0n) is 64.9. The van der Waals surface area contributed by atoms with Crippen molar-refractivity contribution in [2.24, 2.45) is 41.4 Å². The van der Waals surface area contributed by atoms with Crippen LogP contribution >= 0.6 is 0 Å². The number of rotatable bonds is 16. The predicted molar refractivity (Wildman–Crippen MR) is 423 cm³/mol. The number of ketones is 4. The van der Waals surface area contributed by atoms with Crippen LogP contribution in [0.3, 0.4) is 0 Å². The number of hydrogen-bond donors (Lipinski definition) is 0. The van der Waals surface area contributed by atoms with Crippen LogP contribution in [0.15, 0.2) is 102 Å². The van der Waals surface area contributed by atoms with Gasteiger partial charge in [-0.15, -0.1) is 0 Å². The van der Waals surface area contributed by atoms with E-state index in [1.54, 1.807) is 42.5 Å². The summed E-state index contributed by atoms with van der Waals surface area (Å²) in [6, 6.07) is 26.0. The lowest BCUT2D eigenvalue weighted by molar-refractivity contribution is -0.123. The molecule has 6 aliphatic carbocycles. The molecule has 0 N–H and O–H groups in total. The van der Waals surface area contributed by atoms with Gasteiger partial charge in [0.15, 0.2) is 5.78 Å². The molecule has 6 aromatic rings. The molecule has 580 valence electrons. The minimum Gasteiger partial charge on any atom is -0.300 e. The summed E-state index contributed by atoms with van der Waals surface area (Å²) in [5.74, 6) is 5.89. The van der Waals surface area contributed by atoms with Crippen LogP contribution in [0.2, 0.25) is 0 Å². The van der Waals surface area contributed by atoms with Crippen molar-refractivity contribution < 1.29 is 19.2 Å². The third-order valence-electron chi connectivity index (χ3n) is 29.5. The fourth-order valence-electron chi connectivity index (χ4n) is 25.5. The Morgan fingerprint density at radius 1 is 0.306 bits per heavy atom. The average Bonchev–Trinajstić information content (AvgIpc) is 0.749. The highest BCUT2D eigenvalue weighted by Crippen LogP contribution is 2.52. The van der Waals surface area contributed by atoms with Crippen molar-refractivity contribution in [2.75, 3.05) is 0 Å². The molecule has 19 atom stereocenters. The molecule has 6 saturated carbocycles. The number of hydrogen-bond acceptors (Lipinski definition) is 13. The van der Waals surface area contributed by atoms with E-state index in [1.807, 2.05) is 30.3 Å². The molecule has 0 spiro atoms. The summed E-state index contributed by atoms with van der Waals surface area (Å²) in [5, 5.41) is 1.56. The van der Waals surface area contributed by atoms with Crippen LogP contribution in [0.4, 0.5) is 0 Å². The van der Waals surface area contributed by atoms with Crippen molar-refractivity contribution >= 4 is 55.8 Å². The number of piperidine rings is 6. The van der Waals surface area contributed by atoms with Gasteiger partial charge in [-0.05, 0) is 246 Å². The van der Waals surface area contributed by atoms with E-state index >= 15 is 0 Å². The van der Waals surface area contributed by atoms with E-state index in [-0.39, 0.29) is 107 Å². The molecule has 18 rings (SSSR count). The number of aromatic nitrogens is 6. The Bertz CT molecular complexity index is 4670. The Morgan fingerprint density at radius 3 is 0.898 bits per heavy atom. The Morgan fingerprint density at radius 2 is 0.593 bits per heavy atom. The fourth-order valence-corrected chi connectivity index (χ4v) is 25.5. The summed E-state index contributed by atoms with van der Waals surface area (Å²) in [4.78, 5) is 139. The number of benzene rings is 3. The van der Waals surface area contributed by atoms with Gasteiger partial charge in [0.2, 0.25) is 0 Å². The zero-order chi connectivity index (χ0) is 74.8. The highest BCUT2D eigenvalue weighted by molar-refractivity contribution is 5.87. The first kappa shape index (κ1) is 75.1. The van der Waals surface area contributed by atoms with Crippen LogP contribution in [0.5, 0.6) is 0 Å². The van der Waals surface area contributed by atoms with Gasteiger partial charge in [0.25, 0.3) is 16.7 Å². The summed E-state index contributed by atoms with van der Waals surface area (Å²) >= 11 is 0. The van der Waals surface area contributed by atoms with E-state index in [4.69, 9.17) is 0 Å². The largest absolute Gasteiger partial charge is 0.332 e. The van der Waals surface area contributed by atoms with E-state index in [0.29, 0.717) is 87.1 Å². The molecule has 9 heterocycles. The van der Waals surface area contributed by atoms with E-state index < -0.39 is 0 Å². The summed E-state index contributed by atoms with van der Waals surface area (Å²) in [6.45, 7) is 6.74. The molecule has 19 heteroatoms. The summed E-state index contributed by atoms with van der Waals surface area (Å²) in [6.07, 6.45) is 40.9. The maximum Gasteiger partial charge on any atom is 0.332 e. The van der Waals surface area contributed by atoms with Gasteiger partial charge in [-0.25, -0.2) is 14.4 Å². The fraction of sp³-hybridized carbons (Fsp3) is 0.685. The number of carbonyl (C=O) groups is 4. The SMILES string of the molecule is CC(=O)CCC(=O)Cn1c(=O)n(C2C[C@H]3CCC[C@@H](C2)N3C2C[C@H]3CCC[C@@H](C2)C3)c(=O)c2ccccc21.CC(=O)Cn1c(=O)n(C2C[C@H]3CCC[C@@H](C2)N3C2C[C@H]3CCC[C@@H](C2)C3)c(=O)c2ccccc21.CCC1C[C@@H]2CC(N3[C@@H]4CCC[C@H]3CC(n3c(=O)c5ccccc5n(CC(C)=O)c3=O)C4)C[C@H](C1)C2. The van der Waals surface area contributed by atoms with Gasteiger partial charge in [-0.1, -0.05) is 108 Å². The van der Waals surface area contributed by atoms with Crippen LogP contribution in [0.25, 0.3) is 32.7 Å². The van der Waals surface area contributed by atoms with Gasteiger partial charge >= 0.3 is 17.1 Å². The molecule has 3 aromatic heterocycles. The van der Waals surface area contributed by atoms with Gasteiger partial charge in [-0.2, -0.15) is 0 Å². The number of nitrogens with zero attached hydrogens (tertiary/aromatic N) is 9. The second-order valence-corrected chi connectivity index (χ2v) is 36.6. The van der Waals surface area contributed by atoms with Crippen molar-refractivity contribution in [1.29, 1.82) is 0 Å². The van der Waals surface area contributed by atoms with Crippen LogP contribution < -0.4 is 33.7 Å². The Balaban J connectivity index is 0.000000124. The number of para-hydroxylation sites is 3. The van der Waals surface area contributed by atoms with Gasteiger partial charge in [0.05, 0.1) is 52.3 Å². The number of fused-ring (bicyclic) bond motifs is 15. The molecule has 0 radical (unpaired) electrons. The first-order chi connectivity index (χ1) is 52.3. The number of Topliss-reactive ketones (excluding diaryl/α,β-unsaturated/α-hetero) is 4. The highest BCUT2D eigenvalue weighted by atomic mass is 16.2. The minimum atomic E-state index is -0.381. The van der Waals surface area contributed by atoms with Crippen molar-refractivity contribution in [3.63, 3.8) is 0 Å². The molecular weight excluding hydrogens is 1360 g/mol.